The smallest absolute Gasteiger partial charge is 0.351 e. The van der Waals surface area contributed by atoms with Crippen LogP contribution in [0, 0.1) is 0 Å². The SMILES string of the molecule is COC(=O)c1snc(-c2ccc(Cl)cc2Cl)c1N. The van der Waals surface area contributed by atoms with Gasteiger partial charge in [-0.05, 0) is 29.7 Å². The number of carbonyl (C=O) groups is 1. The Kier molecular flexibility index (Phi) is 3.75. The molecule has 7 heteroatoms. The molecule has 2 rings (SSSR count). The lowest BCUT2D eigenvalue weighted by molar-refractivity contribution is 0.0607. The quantitative estimate of drug-likeness (QED) is 0.863. The number of methoxy groups -OCH3 is 1. The number of hydrogen-bond acceptors (Lipinski definition) is 5. The van der Waals surface area contributed by atoms with E-state index in [4.69, 9.17) is 28.9 Å². The van der Waals surface area contributed by atoms with Gasteiger partial charge < -0.3 is 10.5 Å². The number of esters is 1. The van der Waals surface area contributed by atoms with Gasteiger partial charge in [-0.3, -0.25) is 0 Å². The number of carbonyl (C=O) groups excluding carboxylic acids is 1. The number of halogens is 2. The van der Waals surface area contributed by atoms with E-state index >= 15 is 0 Å². The van der Waals surface area contributed by atoms with Gasteiger partial charge in [-0.2, -0.15) is 4.37 Å². The van der Waals surface area contributed by atoms with E-state index in [-0.39, 0.29) is 10.6 Å². The third kappa shape index (κ3) is 2.29. The van der Waals surface area contributed by atoms with Crippen LogP contribution in [0.5, 0.6) is 0 Å². The van der Waals surface area contributed by atoms with Crippen molar-refractivity contribution in [2.24, 2.45) is 0 Å². The highest BCUT2D eigenvalue weighted by molar-refractivity contribution is 7.09. The molecular weight excluding hydrogens is 295 g/mol. The van der Waals surface area contributed by atoms with Crippen LogP contribution in [0.3, 0.4) is 0 Å². The minimum absolute atomic E-state index is 0.260. The van der Waals surface area contributed by atoms with E-state index in [0.29, 0.717) is 21.3 Å². The van der Waals surface area contributed by atoms with E-state index in [1.807, 2.05) is 0 Å². The maximum absolute atomic E-state index is 11.4. The lowest BCUT2D eigenvalue weighted by atomic mass is 10.1. The molecule has 0 amide bonds. The molecule has 0 bridgehead atoms. The summed E-state index contributed by atoms with van der Waals surface area (Å²) in [6, 6.07) is 4.98. The minimum atomic E-state index is -0.513. The first kappa shape index (κ1) is 13.1. The van der Waals surface area contributed by atoms with Gasteiger partial charge in [0, 0.05) is 10.6 Å². The Labute approximate surface area is 117 Å². The first-order valence-electron chi connectivity index (χ1n) is 4.83. The number of nitrogens with two attached hydrogens (primary N) is 1. The minimum Gasteiger partial charge on any atom is -0.465 e. The lowest BCUT2D eigenvalue weighted by Crippen LogP contribution is -2.02. The number of rotatable bonds is 2. The summed E-state index contributed by atoms with van der Waals surface area (Å²) in [4.78, 5) is 11.7. The van der Waals surface area contributed by atoms with Crippen molar-refractivity contribution in [2.45, 2.75) is 0 Å². The zero-order valence-electron chi connectivity index (χ0n) is 9.24. The number of nitrogen functional groups attached to an aromatic ring is 1. The highest BCUT2D eigenvalue weighted by atomic mass is 35.5. The summed E-state index contributed by atoms with van der Waals surface area (Å²) in [5.74, 6) is -0.513. The highest BCUT2D eigenvalue weighted by Gasteiger charge is 2.20. The molecule has 0 fully saturated rings. The van der Waals surface area contributed by atoms with Gasteiger partial charge in [0.1, 0.15) is 5.69 Å². The molecule has 94 valence electrons. The van der Waals surface area contributed by atoms with Crippen molar-refractivity contribution in [1.82, 2.24) is 4.37 Å². The first-order valence-corrected chi connectivity index (χ1v) is 6.36. The Morgan fingerprint density at radius 3 is 2.78 bits per heavy atom. The monoisotopic (exact) mass is 302 g/mol. The molecule has 1 aromatic carbocycles. The van der Waals surface area contributed by atoms with E-state index in [0.717, 1.165) is 11.5 Å². The van der Waals surface area contributed by atoms with Gasteiger partial charge in [0.05, 0.1) is 17.8 Å². The fourth-order valence-corrected chi connectivity index (χ4v) is 2.64. The van der Waals surface area contributed by atoms with Gasteiger partial charge in [0.15, 0.2) is 4.88 Å². The normalized spacial score (nSPS) is 10.4. The van der Waals surface area contributed by atoms with Gasteiger partial charge in [-0.1, -0.05) is 23.2 Å². The lowest BCUT2D eigenvalue weighted by Gasteiger charge is -2.03. The summed E-state index contributed by atoms with van der Waals surface area (Å²) >= 11 is 12.9. The molecule has 0 radical (unpaired) electrons. The molecule has 1 aromatic heterocycles. The van der Waals surface area contributed by atoms with Crippen LogP contribution in [0.25, 0.3) is 11.3 Å². The molecular formula is C11H8Cl2N2O2S. The first-order chi connectivity index (χ1) is 8.54. The zero-order chi connectivity index (χ0) is 13.3. The van der Waals surface area contributed by atoms with Crippen LogP contribution < -0.4 is 5.73 Å². The molecule has 2 N–H and O–H groups in total. The van der Waals surface area contributed by atoms with E-state index in [1.165, 1.54) is 7.11 Å². The van der Waals surface area contributed by atoms with Crippen LogP contribution in [0.4, 0.5) is 5.69 Å². The van der Waals surface area contributed by atoms with Crippen LogP contribution in [-0.4, -0.2) is 17.5 Å². The molecule has 0 aliphatic carbocycles. The van der Waals surface area contributed by atoms with Crippen LogP contribution in [0.2, 0.25) is 10.0 Å². The molecule has 4 nitrogen and oxygen atoms in total. The van der Waals surface area contributed by atoms with Crippen molar-refractivity contribution in [3.63, 3.8) is 0 Å². The van der Waals surface area contributed by atoms with Crippen molar-refractivity contribution < 1.29 is 9.53 Å². The molecule has 18 heavy (non-hydrogen) atoms. The number of nitrogens with zero attached hydrogens (tertiary/aromatic N) is 1. The number of anilines is 1. The summed E-state index contributed by atoms with van der Waals surface area (Å²) in [5, 5.41) is 0.946. The fraction of sp³-hybridized carbons (Fsp3) is 0.0909. The molecule has 0 aliphatic rings. The van der Waals surface area contributed by atoms with E-state index < -0.39 is 5.97 Å². The summed E-state index contributed by atoms with van der Waals surface area (Å²) in [6.07, 6.45) is 0. The van der Waals surface area contributed by atoms with Gasteiger partial charge in [-0.15, -0.1) is 0 Å². The summed E-state index contributed by atoms with van der Waals surface area (Å²) in [6.45, 7) is 0. The van der Waals surface area contributed by atoms with E-state index in [9.17, 15) is 4.79 Å². The third-order valence-corrected chi connectivity index (χ3v) is 3.68. The van der Waals surface area contributed by atoms with Gasteiger partial charge in [0.2, 0.25) is 0 Å². The molecule has 0 aliphatic heterocycles. The Hall–Kier alpha value is -1.30. The van der Waals surface area contributed by atoms with Crippen LogP contribution in [0.15, 0.2) is 18.2 Å². The van der Waals surface area contributed by atoms with Crippen molar-refractivity contribution in [2.75, 3.05) is 12.8 Å². The largest absolute Gasteiger partial charge is 0.465 e. The average molecular weight is 303 g/mol. The number of hydrogen-bond donors (Lipinski definition) is 1. The van der Waals surface area contributed by atoms with Gasteiger partial charge in [0.25, 0.3) is 0 Å². The Bertz CT molecular complexity index is 613. The average Bonchev–Trinajstić information content (AvgIpc) is 2.70. The van der Waals surface area contributed by atoms with Gasteiger partial charge in [-0.25, -0.2) is 4.79 Å². The summed E-state index contributed by atoms with van der Waals surface area (Å²) in [7, 11) is 1.29. The van der Waals surface area contributed by atoms with E-state index in [1.54, 1.807) is 18.2 Å². The molecule has 1 heterocycles. The van der Waals surface area contributed by atoms with Crippen LogP contribution >= 0.6 is 34.7 Å². The van der Waals surface area contributed by atoms with Crippen molar-refractivity contribution in [1.29, 1.82) is 0 Å². The molecule has 0 unspecified atom stereocenters. The van der Waals surface area contributed by atoms with Crippen molar-refractivity contribution in [3.05, 3.63) is 33.1 Å². The van der Waals surface area contributed by atoms with Gasteiger partial charge >= 0.3 is 5.97 Å². The molecule has 2 aromatic rings. The number of aromatic nitrogens is 1. The molecule has 0 saturated carbocycles. The maximum atomic E-state index is 11.4. The fourth-order valence-electron chi connectivity index (χ4n) is 1.41. The third-order valence-electron chi connectivity index (χ3n) is 2.29. The second-order valence-corrected chi connectivity index (χ2v) is 5.01. The molecule has 0 atom stereocenters. The van der Waals surface area contributed by atoms with Crippen LogP contribution in [0.1, 0.15) is 9.67 Å². The summed E-state index contributed by atoms with van der Waals surface area (Å²) in [5.41, 5.74) is 7.22. The Balaban J connectivity index is 2.52. The Morgan fingerprint density at radius 1 is 1.44 bits per heavy atom. The molecule has 0 spiro atoms. The predicted molar refractivity (Wildman–Crippen MR) is 73.3 cm³/mol. The van der Waals surface area contributed by atoms with Crippen molar-refractivity contribution in [3.8, 4) is 11.3 Å². The summed E-state index contributed by atoms with van der Waals surface area (Å²) < 4.78 is 8.75. The number of ether oxygens (including phenoxy) is 1. The topological polar surface area (TPSA) is 65.2 Å². The number of benzene rings is 1. The maximum Gasteiger partial charge on any atom is 0.351 e. The molecule has 0 saturated heterocycles. The zero-order valence-corrected chi connectivity index (χ0v) is 11.6. The highest BCUT2D eigenvalue weighted by Crippen LogP contribution is 2.36. The van der Waals surface area contributed by atoms with E-state index in [2.05, 4.69) is 9.11 Å². The Morgan fingerprint density at radius 2 is 2.17 bits per heavy atom. The van der Waals surface area contributed by atoms with Crippen molar-refractivity contribution >= 4 is 46.4 Å². The standard InChI is InChI=1S/C11H8Cl2N2O2S/c1-17-11(16)10-8(14)9(15-18-10)6-3-2-5(12)4-7(6)13/h2-4H,14H2,1H3. The second-order valence-electron chi connectivity index (χ2n) is 3.39. The predicted octanol–water partition coefficient (Wildman–Crippen LogP) is 3.49. The second kappa shape index (κ2) is 5.14. The van der Waals surface area contributed by atoms with Crippen LogP contribution in [-0.2, 0) is 4.74 Å².